The number of nitrogens with zero attached hydrogens (tertiary/aromatic N) is 6. The third-order valence-corrected chi connectivity index (χ3v) is 9.96. The fourth-order valence-corrected chi connectivity index (χ4v) is 6.76. The third-order valence-electron chi connectivity index (χ3n) is 8.26. The average molecular weight is 650 g/mol. The summed E-state index contributed by atoms with van der Waals surface area (Å²) in [6.45, 7) is 21.2. The number of amides is 1. The molecule has 0 unspecified atom stereocenters. The molecule has 0 saturated carbocycles. The van der Waals surface area contributed by atoms with Crippen LogP contribution in [-0.2, 0) is 27.5 Å². The first kappa shape index (κ1) is 33.9. The molecular formula is C34H51N7O4Si. The van der Waals surface area contributed by atoms with Crippen molar-refractivity contribution in [3.05, 3.63) is 48.1 Å². The van der Waals surface area contributed by atoms with Crippen molar-refractivity contribution in [2.45, 2.75) is 97.7 Å². The van der Waals surface area contributed by atoms with E-state index in [-0.39, 0.29) is 18.2 Å². The number of piperazine rings is 1. The molecule has 1 N–H and O–H groups in total. The quantitative estimate of drug-likeness (QED) is 0.198. The summed E-state index contributed by atoms with van der Waals surface area (Å²) in [5, 5.41) is 4.73. The predicted molar refractivity (Wildman–Crippen MR) is 186 cm³/mol. The van der Waals surface area contributed by atoms with Crippen LogP contribution in [0.3, 0.4) is 0 Å². The van der Waals surface area contributed by atoms with Crippen LogP contribution in [0.25, 0.3) is 16.6 Å². The van der Waals surface area contributed by atoms with Crippen molar-refractivity contribution in [3.8, 4) is 0 Å². The van der Waals surface area contributed by atoms with Gasteiger partial charge in [-0.1, -0.05) is 25.7 Å². The highest BCUT2D eigenvalue weighted by Crippen LogP contribution is 2.35. The van der Waals surface area contributed by atoms with Gasteiger partial charge >= 0.3 is 6.09 Å². The molecule has 11 nitrogen and oxygen atoms in total. The third kappa shape index (κ3) is 8.45. The molecule has 2 atom stereocenters. The van der Waals surface area contributed by atoms with E-state index in [1.807, 2.05) is 64.0 Å². The molecule has 3 aromatic rings. The molecule has 12 heteroatoms. The van der Waals surface area contributed by atoms with Crippen molar-refractivity contribution in [1.82, 2.24) is 24.4 Å². The van der Waals surface area contributed by atoms with Gasteiger partial charge in [0.2, 0.25) is 5.95 Å². The lowest BCUT2D eigenvalue weighted by molar-refractivity contribution is 0.00553. The Hall–Kier alpha value is -3.48. The molecule has 0 radical (unpaired) electrons. The maximum atomic E-state index is 12.9. The van der Waals surface area contributed by atoms with Crippen molar-refractivity contribution in [2.75, 3.05) is 43.1 Å². The summed E-state index contributed by atoms with van der Waals surface area (Å²) < 4.78 is 19.6. The fourth-order valence-electron chi connectivity index (χ4n) is 6.00. The Morgan fingerprint density at radius 1 is 1.11 bits per heavy atom. The number of hydrogen-bond acceptors (Lipinski definition) is 9. The average Bonchev–Trinajstić information content (AvgIpc) is 3.36. The van der Waals surface area contributed by atoms with E-state index in [1.54, 1.807) is 0 Å². The number of hydrogen-bond donors (Lipinski definition) is 1. The minimum atomic E-state index is -1.18. The topological polar surface area (TPSA) is 107 Å². The zero-order chi connectivity index (χ0) is 33.1. The summed E-state index contributed by atoms with van der Waals surface area (Å²) >= 11 is 0. The second kappa shape index (κ2) is 14.1. The smallest absolute Gasteiger partial charge is 0.410 e. The number of rotatable bonds is 10. The molecule has 5 rings (SSSR count). The molecule has 1 saturated heterocycles. The minimum absolute atomic E-state index is 0.0458. The summed E-state index contributed by atoms with van der Waals surface area (Å²) in [6, 6.07) is 5.01. The van der Waals surface area contributed by atoms with Gasteiger partial charge < -0.3 is 29.0 Å². The Balaban J connectivity index is 1.32. The minimum Gasteiger partial charge on any atom is -0.444 e. The van der Waals surface area contributed by atoms with Crippen LogP contribution < -0.4 is 10.2 Å². The van der Waals surface area contributed by atoms with Gasteiger partial charge in [-0.15, -0.1) is 0 Å². The van der Waals surface area contributed by atoms with E-state index < -0.39 is 13.7 Å². The van der Waals surface area contributed by atoms with Crippen molar-refractivity contribution < 1.29 is 19.0 Å². The van der Waals surface area contributed by atoms with Crippen LogP contribution in [0.2, 0.25) is 25.7 Å². The van der Waals surface area contributed by atoms with Gasteiger partial charge in [0.1, 0.15) is 18.0 Å². The van der Waals surface area contributed by atoms with Crippen LogP contribution >= 0.6 is 0 Å². The van der Waals surface area contributed by atoms with Gasteiger partial charge in [0, 0.05) is 63.0 Å². The molecule has 0 aromatic carbocycles. The van der Waals surface area contributed by atoms with Gasteiger partial charge in [0.25, 0.3) is 0 Å². The highest BCUT2D eigenvalue weighted by Gasteiger charge is 2.36. The van der Waals surface area contributed by atoms with Crippen molar-refractivity contribution in [2.24, 2.45) is 0 Å². The summed E-state index contributed by atoms with van der Waals surface area (Å²) in [5.41, 5.74) is 4.68. The lowest BCUT2D eigenvalue weighted by atomic mass is 10.0. The molecular weight excluding hydrogens is 599 g/mol. The maximum absolute atomic E-state index is 12.9. The number of carbonyl (C=O) groups is 1. The Morgan fingerprint density at radius 3 is 2.52 bits per heavy atom. The second-order valence-electron chi connectivity index (χ2n) is 14.7. The number of ether oxygens (including phenoxy) is 3. The normalized spacial score (nSPS) is 19.3. The van der Waals surface area contributed by atoms with E-state index in [1.165, 1.54) is 5.57 Å². The largest absolute Gasteiger partial charge is 0.444 e. The molecule has 0 bridgehead atoms. The summed E-state index contributed by atoms with van der Waals surface area (Å²) in [5.74, 6) is 0.663. The van der Waals surface area contributed by atoms with E-state index >= 15 is 0 Å². The molecule has 250 valence electrons. The molecule has 46 heavy (non-hydrogen) atoms. The zero-order valence-corrected chi connectivity index (χ0v) is 29.8. The lowest BCUT2D eigenvalue weighted by Gasteiger charge is -2.44. The predicted octanol–water partition coefficient (Wildman–Crippen LogP) is 6.39. The molecule has 3 aromatic heterocycles. The van der Waals surface area contributed by atoms with Crippen LogP contribution in [0.1, 0.15) is 52.3 Å². The van der Waals surface area contributed by atoms with E-state index in [9.17, 15) is 4.79 Å². The van der Waals surface area contributed by atoms with Gasteiger partial charge in [-0.2, -0.15) is 0 Å². The van der Waals surface area contributed by atoms with Crippen molar-refractivity contribution >= 4 is 42.4 Å². The summed E-state index contributed by atoms with van der Waals surface area (Å²) in [7, 11) is -1.18. The second-order valence-corrected chi connectivity index (χ2v) is 20.3. The lowest BCUT2D eigenvalue weighted by Crippen LogP contribution is -2.59. The van der Waals surface area contributed by atoms with Gasteiger partial charge in [-0.05, 0) is 64.8 Å². The van der Waals surface area contributed by atoms with Gasteiger partial charge in [0.15, 0.2) is 0 Å². The van der Waals surface area contributed by atoms with Crippen molar-refractivity contribution in [1.29, 1.82) is 0 Å². The number of fused-ring (bicyclic) bond motifs is 1. The Kier molecular flexibility index (Phi) is 10.4. The fraction of sp³-hybridized carbons (Fsp3) is 0.588. The van der Waals surface area contributed by atoms with E-state index in [0.29, 0.717) is 45.5 Å². The number of carbonyl (C=O) groups excluding carboxylic acids is 1. The van der Waals surface area contributed by atoms with Crippen molar-refractivity contribution in [3.63, 3.8) is 0 Å². The number of aromatic nitrogens is 4. The first-order chi connectivity index (χ1) is 21.8. The SMILES string of the molecule is C[C@@H]1CN(c2nccc(CNc3ccnc4c3c(C3=CCOCC3)cn4COCC[Si](C)(C)C)n2)C[C@H](C)N1C(=O)OC(C)(C)C. The van der Waals surface area contributed by atoms with E-state index in [4.69, 9.17) is 24.2 Å². The Bertz CT molecular complexity index is 1530. The zero-order valence-electron chi connectivity index (χ0n) is 28.8. The first-order valence-electron chi connectivity index (χ1n) is 16.4. The van der Waals surface area contributed by atoms with Crippen LogP contribution in [0.4, 0.5) is 16.4 Å². The van der Waals surface area contributed by atoms with Crippen LogP contribution in [0, 0.1) is 0 Å². The molecule has 1 amide bonds. The number of nitrogens with one attached hydrogen (secondary N) is 1. The molecule has 0 aliphatic carbocycles. The van der Waals surface area contributed by atoms with Gasteiger partial charge in [-0.25, -0.2) is 19.7 Å². The van der Waals surface area contributed by atoms with Crippen LogP contribution in [0.15, 0.2) is 36.8 Å². The van der Waals surface area contributed by atoms with Gasteiger partial charge in [0.05, 0.1) is 37.5 Å². The standard InChI is InChI=1S/C34H51N7O4Si/c1-24-20-39(21-25(2)41(24)33(42)45-34(3,4)5)32-36-13-9-27(38-32)19-37-29-10-14-35-31-30(29)28(26-11-15-43-16-12-26)22-40(31)23-44-17-18-46(6,7)8/h9-11,13-14,22,24-25H,12,15-21,23H2,1-8H3,(H,35,37)/t24-,25+. The molecule has 1 fully saturated rings. The first-order valence-corrected chi connectivity index (χ1v) is 20.1. The van der Waals surface area contributed by atoms with E-state index in [2.05, 4.69) is 51.7 Å². The Morgan fingerprint density at radius 2 is 1.85 bits per heavy atom. The number of pyridine rings is 1. The summed E-state index contributed by atoms with van der Waals surface area (Å²) in [6.07, 6.45) is 8.59. The maximum Gasteiger partial charge on any atom is 0.410 e. The Labute approximate surface area is 274 Å². The highest BCUT2D eigenvalue weighted by atomic mass is 28.3. The molecule has 2 aliphatic rings. The molecule has 0 spiro atoms. The van der Waals surface area contributed by atoms with E-state index in [0.717, 1.165) is 47.0 Å². The van der Waals surface area contributed by atoms with Crippen LogP contribution in [0.5, 0.6) is 0 Å². The molecule has 2 aliphatic heterocycles. The monoisotopic (exact) mass is 649 g/mol. The number of anilines is 2. The van der Waals surface area contributed by atoms with Gasteiger partial charge in [-0.3, -0.25) is 4.90 Å². The molecule has 5 heterocycles. The highest BCUT2D eigenvalue weighted by molar-refractivity contribution is 6.76. The van der Waals surface area contributed by atoms with Crippen LogP contribution in [-0.4, -0.2) is 89.2 Å². The summed E-state index contributed by atoms with van der Waals surface area (Å²) in [4.78, 5) is 31.2.